The quantitative estimate of drug-likeness (QED) is 0.619. The Morgan fingerprint density at radius 3 is 2.85 bits per heavy atom. The topological polar surface area (TPSA) is 83.4 Å². The van der Waals surface area contributed by atoms with E-state index in [-0.39, 0.29) is 17.5 Å². The number of pyridine rings is 1. The van der Waals surface area contributed by atoms with Gasteiger partial charge in [-0.2, -0.15) is 0 Å². The summed E-state index contributed by atoms with van der Waals surface area (Å²) in [6.07, 6.45) is 2.41. The third kappa shape index (κ3) is 5.05. The van der Waals surface area contributed by atoms with Crippen molar-refractivity contribution in [2.45, 2.75) is 25.9 Å². The summed E-state index contributed by atoms with van der Waals surface area (Å²) < 4.78 is 23.3. The number of benzene rings is 1. The summed E-state index contributed by atoms with van der Waals surface area (Å²) in [6, 6.07) is 13.9. The average molecular weight is 372 g/mol. The molecule has 0 radical (unpaired) electrons. The molecule has 0 aliphatic carbocycles. The largest absolute Gasteiger partial charge is 0.357 e. The Hall–Kier alpha value is -2.41. The van der Waals surface area contributed by atoms with Crippen LogP contribution in [-0.4, -0.2) is 43.5 Å². The van der Waals surface area contributed by atoms with Gasteiger partial charge in [-0.25, -0.2) is 13.4 Å². The Balaban J connectivity index is 1.70. The maximum absolute atomic E-state index is 11.6. The van der Waals surface area contributed by atoms with Crippen molar-refractivity contribution in [3.8, 4) is 11.3 Å². The highest BCUT2D eigenvalue weighted by Gasteiger charge is 2.28. The number of rotatable bonds is 5. The SMILES string of the molecule is CCNC(=NCc1cccc(-c2ccccn2)c1)NC1CCS(=O)(=O)C1. The first-order valence-corrected chi connectivity index (χ1v) is 10.6. The van der Waals surface area contributed by atoms with Crippen molar-refractivity contribution < 1.29 is 8.42 Å². The summed E-state index contributed by atoms with van der Waals surface area (Å²) in [4.78, 5) is 8.99. The van der Waals surface area contributed by atoms with E-state index in [0.29, 0.717) is 18.9 Å². The van der Waals surface area contributed by atoms with E-state index in [0.717, 1.165) is 23.4 Å². The van der Waals surface area contributed by atoms with Crippen LogP contribution < -0.4 is 10.6 Å². The summed E-state index contributed by atoms with van der Waals surface area (Å²) in [5.41, 5.74) is 3.06. The van der Waals surface area contributed by atoms with Gasteiger partial charge in [0.25, 0.3) is 0 Å². The van der Waals surface area contributed by atoms with Gasteiger partial charge in [-0.05, 0) is 37.1 Å². The highest BCUT2D eigenvalue weighted by molar-refractivity contribution is 7.91. The Kier molecular flexibility index (Phi) is 5.88. The smallest absolute Gasteiger partial charge is 0.191 e. The predicted molar refractivity (Wildman–Crippen MR) is 105 cm³/mol. The van der Waals surface area contributed by atoms with Crippen LogP contribution in [0.2, 0.25) is 0 Å². The first-order valence-electron chi connectivity index (χ1n) is 8.81. The molecule has 3 rings (SSSR count). The van der Waals surface area contributed by atoms with Crippen molar-refractivity contribution in [1.82, 2.24) is 15.6 Å². The van der Waals surface area contributed by atoms with E-state index in [9.17, 15) is 8.42 Å². The maximum atomic E-state index is 11.6. The first kappa shape index (κ1) is 18.4. The van der Waals surface area contributed by atoms with Crippen molar-refractivity contribution in [2.24, 2.45) is 4.99 Å². The molecule has 2 aromatic rings. The van der Waals surface area contributed by atoms with E-state index in [2.05, 4.69) is 26.7 Å². The van der Waals surface area contributed by atoms with Crippen molar-refractivity contribution in [2.75, 3.05) is 18.1 Å². The van der Waals surface area contributed by atoms with Crippen LogP contribution in [0.4, 0.5) is 0 Å². The molecule has 7 heteroatoms. The molecule has 1 atom stereocenters. The second-order valence-corrected chi connectivity index (χ2v) is 8.58. The zero-order chi connectivity index (χ0) is 18.4. The fraction of sp³-hybridized carbons (Fsp3) is 0.368. The second kappa shape index (κ2) is 8.31. The van der Waals surface area contributed by atoms with Gasteiger partial charge in [-0.3, -0.25) is 4.98 Å². The van der Waals surface area contributed by atoms with Gasteiger partial charge in [-0.15, -0.1) is 0 Å². The maximum Gasteiger partial charge on any atom is 0.191 e. The van der Waals surface area contributed by atoms with Crippen molar-refractivity contribution >= 4 is 15.8 Å². The Morgan fingerprint density at radius 1 is 1.27 bits per heavy atom. The van der Waals surface area contributed by atoms with E-state index in [1.807, 2.05) is 43.3 Å². The molecule has 0 bridgehead atoms. The van der Waals surface area contributed by atoms with Gasteiger partial charge >= 0.3 is 0 Å². The van der Waals surface area contributed by atoms with Gasteiger partial charge in [0.15, 0.2) is 15.8 Å². The van der Waals surface area contributed by atoms with Gasteiger partial charge in [-0.1, -0.05) is 24.3 Å². The second-order valence-electron chi connectivity index (χ2n) is 6.35. The fourth-order valence-electron chi connectivity index (χ4n) is 2.96. The number of aliphatic imine (C=N–C) groups is 1. The minimum absolute atomic E-state index is 0.0716. The lowest BCUT2D eigenvalue weighted by molar-refractivity contribution is 0.599. The first-order chi connectivity index (χ1) is 12.6. The molecule has 1 aromatic heterocycles. The molecule has 6 nitrogen and oxygen atoms in total. The molecular formula is C19H24N4O2S. The van der Waals surface area contributed by atoms with Crippen LogP contribution in [0.15, 0.2) is 53.7 Å². The number of hydrogen-bond acceptors (Lipinski definition) is 4. The molecule has 1 aromatic carbocycles. The van der Waals surface area contributed by atoms with Crippen LogP contribution >= 0.6 is 0 Å². The number of nitrogens with zero attached hydrogens (tertiary/aromatic N) is 2. The number of nitrogens with one attached hydrogen (secondary N) is 2. The lowest BCUT2D eigenvalue weighted by atomic mass is 10.1. The Bertz CT molecular complexity index is 866. The molecule has 1 fully saturated rings. The third-order valence-corrected chi connectivity index (χ3v) is 5.99. The summed E-state index contributed by atoms with van der Waals surface area (Å²) in [6.45, 7) is 3.22. The minimum atomic E-state index is -2.91. The van der Waals surface area contributed by atoms with Crippen LogP contribution in [0.25, 0.3) is 11.3 Å². The molecule has 26 heavy (non-hydrogen) atoms. The highest BCUT2D eigenvalue weighted by Crippen LogP contribution is 2.18. The lowest BCUT2D eigenvalue weighted by Crippen LogP contribution is -2.44. The van der Waals surface area contributed by atoms with Crippen LogP contribution in [0, 0.1) is 0 Å². The van der Waals surface area contributed by atoms with Gasteiger partial charge in [0.1, 0.15) is 0 Å². The van der Waals surface area contributed by atoms with E-state index >= 15 is 0 Å². The van der Waals surface area contributed by atoms with Crippen LogP contribution in [0.3, 0.4) is 0 Å². The summed E-state index contributed by atoms with van der Waals surface area (Å²) in [5, 5.41) is 6.42. The normalized spacial score (nSPS) is 19.3. The van der Waals surface area contributed by atoms with Crippen molar-refractivity contribution in [1.29, 1.82) is 0 Å². The van der Waals surface area contributed by atoms with Gasteiger partial charge in [0.05, 0.1) is 23.7 Å². The molecular weight excluding hydrogens is 348 g/mol. The standard InChI is InChI=1S/C19H24N4O2S/c1-2-20-19(23-17-9-11-26(24,25)14-17)22-13-15-6-5-7-16(12-15)18-8-3-4-10-21-18/h3-8,10,12,17H,2,9,11,13-14H2,1H3,(H2,20,22,23). The van der Waals surface area contributed by atoms with Crippen LogP contribution in [0.5, 0.6) is 0 Å². The summed E-state index contributed by atoms with van der Waals surface area (Å²) >= 11 is 0. The van der Waals surface area contributed by atoms with E-state index in [4.69, 9.17) is 0 Å². The molecule has 1 saturated heterocycles. The van der Waals surface area contributed by atoms with Crippen molar-refractivity contribution in [3.05, 3.63) is 54.2 Å². The molecule has 2 N–H and O–H groups in total. The third-order valence-electron chi connectivity index (χ3n) is 4.22. The predicted octanol–water partition coefficient (Wildman–Crippen LogP) is 1.99. The number of guanidine groups is 1. The Morgan fingerprint density at radius 2 is 2.15 bits per heavy atom. The Labute approximate surface area is 154 Å². The molecule has 2 heterocycles. The highest BCUT2D eigenvalue weighted by atomic mass is 32.2. The van der Waals surface area contributed by atoms with Gasteiger partial charge < -0.3 is 10.6 Å². The molecule has 138 valence electrons. The van der Waals surface area contributed by atoms with E-state index < -0.39 is 9.84 Å². The monoisotopic (exact) mass is 372 g/mol. The number of aromatic nitrogens is 1. The molecule has 0 amide bonds. The number of sulfone groups is 1. The lowest BCUT2D eigenvalue weighted by Gasteiger charge is -2.15. The molecule has 1 aliphatic rings. The summed E-state index contributed by atoms with van der Waals surface area (Å²) in [7, 11) is -2.91. The van der Waals surface area contributed by atoms with Crippen LogP contribution in [0.1, 0.15) is 18.9 Å². The van der Waals surface area contributed by atoms with Crippen LogP contribution in [-0.2, 0) is 16.4 Å². The van der Waals surface area contributed by atoms with E-state index in [1.165, 1.54) is 0 Å². The molecule has 1 aliphatic heterocycles. The number of hydrogen-bond donors (Lipinski definition) is 2. The molecule has 1 unspecified atom stereocenters. The van der Waals surface area contributed by atoms with Gasteiger partial charge in [0.2, 0.25) is 0 Å². The zero-order valence-corrected chi connectivity index (χ0v) is 15.7. The average Bonchev–Trinajstić information content (AvgIpc) is 2.99. The fourth-order valence-corrected chi connectivity index (χ4v) is 4.63. The van der Waals surface area contributed by atoms with Crippen molar-refractivity contribution in [3.63, 3.8) is 0 Å². The zero-order valence-electron chi connectivity index (χ0n) is 14.9. The minimum Gasteiger partial charge on any atom is -0.357 e. The summed E-state index contributed by atoms with van der Waals surface area (Å²) in [5.74, 6) is 1.07. The molecule has 0 saturated carbocycles. The molecule has 0 spiro atoms. The van der Waals surface area contributed by atoms with Gasteiger partial charge in [0, 0.05) is 24.3 Å². The van der Waals surface area contributed by atoms with E-state index in [1.54, 1.807) is 6.20 Å².